The van der Waals surface area contributed by atoms with Gasteiger partial charge in [0.1, 0.15) is 12.4 Å². The molecule has 0 radical (unpaired) electrons. The van der Waals surface area contributed by atoms with Gasteiger partial charge in [-0.05, 0) is 45.4 Å². The average molecular weight is 318 g/mol. The highest BCUT2D eigenvalue weighted by Crippen LogP contribution is 2.18. The maximum atomic E-state index is 12.3. The molecule has 0 bridgehead atoms. The Bertz CT molecular complexity index is 498. The van der Waals surface area contributed by atoms with E-state index in [0.717, 1.165) is 30.7 Å². The number of carbonyl (C=O) groups excluding carboxylic acids is 1. The van der Waals surface area contributed by atoms with Crippen LogP contribution >= 0.6 is 0 Å². The number of nitrogens with one attached hydrogen (secondary N) is 1. The van der Waals surface area contributed by atoms with Crippen LogP contribution in [0.1, 0.15) is 44.6 Å². The first-order valence-corrected chi connectivity index (χ1v) is 8.77. The van der Waals surface area contributed by atoms with Crippen molar-refractivity contribution >= 4 is 5.91 Å². The Morgan fingerprint density at radius 2 is 2.00 bits per heavy atom. The van der Waals surface area contributed by atoms with Gasteiger partial charge in [-0.2, -0.15) is 0 Å². The predicted molar refractivity (Wildman–Crippen MR) is 93.8 cm³/mol. The summed E-state index contributed by atoms with van der Waals surface area (Å²) in [7, 11) is 1.98. The highest BCUT2D eigenvalue weighted by atomic mass is 16.5. The van der Waals surface area contributed by atoms with Crippen LogP contribution in [0.25, 0.3) is 0 Å². The van der Waals surface area contributed by atoms with Crippen molar-refractivity contribution in [1.29, 1.82) is 0 Å². The first-order chi connectivity index (χ1) is 11.1. The number of carbonyl (C=O) groups is 1. The highest BCUT2D eigenvalue weighted by Gasteiger charge is 2.22. The maximum absolute atomic E-state index is 12.3. The van der Waals surface area contributed by atoms with Crippen LogP contribution in [0.2, 0.25) is 0 Å². The molecule has 0 unspecified atom stereocenters. The maximum Gasteiger partial charge on any atom is 0.237 e. The summed E-state index contributed by atoms with van der Waals surface area (Å²) < 4.78 is 5.81. The van der Waals surface area contributed by atoms with Crippen LogP contribution in [0, 0.1) is 6.92 Å². The van der Waals surface area contributed by atoms with E-state index in [1.54, 1.807) is 0 Å². The molecular weight excluding hydrogens is 288 g/mol. The minimum absolute atomic E-state index is 0.127. The first-order valence-electron chi connectivity index (χ1n) is 8.77. The lowest BCUT2D eigenvalue weighted by Crippen LogP contribution is -2.48. The highest BCUT2D eigenvalue weighted by molar-refractivity contribution is 5.81. The van der Waals surface area contributed by atoms with Crippen LogP contribution in [0.5, 0.6) is 5.75 Å². The SMILES string of the molecule is Cc1ccccc1OCCN(C)[C@@H](C)C(=O)NC1CCCCC1. The number of para-hydroxylation sites is 1. The summed E-state index contributed by atoms with van der Waals surface area (Å²) in [5.74, 6) is 1.05. The minimum atomic E-state index is -0.127. The number of likely N-dealkylation sites (N-methyl/N-ethyl adjacent to an activating group) is 1. The van der Waals surface area contributed by atoms with Gasteiger partial charge in [-0.3, -0.25) is 9.69 Å². The van der Waals surface area contributed by atoms with Crippen molar-refractivity contribution in [2.75, 3.05) is 20.2 Å². The molecule has 1 fully saturated rings. The molecule has 1 N–H and O–H groups in total. The average Bonchev–Trinajstić information content (AvgIpc) is 2.56. The van der Waals surface area contributed by atoms with Crippen molar-refractivity contribution in [2.45, 2.75) is 58.0 Å². The van der Waals surface area contributed by atoms with Gasteiger partial charge in [0, 0.05) is 12.6 Å². The summed E-state index contributed by atoms with van der Waals surface area (Å²) in [5.41, 5.74) is 1.14. The second-order valence-electron chi connectivity index (χ2n) is 6.61. The third-order valence-corrected chi connectivity index (χ3v) is 4.79. The van der Waals surface area contributed by atoms with Gasteiger partial charge in [0.25, 0.3) is 0 Å². The minimum Gasteiger partial charge on any atom is -0.492 e. The summed E-state index contributed by atoms with van der Waals surface area (Å²) in [6.07, 6.45) is 6.02. The number of ether oxygens (including phenoxy) is 1. The fraction of sp³-hybridized carbons (Fsp3) is 0.632. The van der Waals surface area contributed by atoms with Crippen LogP contribution in [0.15, 0.2) is 24.3 Å². The topological polar surface area (TPSA) is 41.6 Å². The van der Waals surface area contributed by atoms with Crippen molar-refractivity contribution < 1.29 is 9.53 Å². The van der Waals surface area contributed by atoms with E-state index in [4.69, 9.17) is 4.74 Å². The fourth-order valence-corrected chi connectivity index (χ4v) is 2.98. The van der Waals surface area contributed by atoms with E-state index in [1.165, 1.54) is 19.3 Å². The number of aryl methyl sites for hydroxylation is 1. The molecule has 4 nitrogen and oxygen atoms in total. The lowest BCUT2D eigenvalue weighted by atomic mass is 9.95. The van der Waals surface area contributed by atoms with Gasteiger partial charge in [0.15, 0.2) is 0 Å². The van der Waals surface area contributed by atoms with Gasteiger partial charge in [-0.15, -0.1) is 0 Å². The number of nitrogens with zero attached hydrogens (tertiary/aromatic N) is 1. The second-order valence-corrected chi connectivity index (χ2v) is 6.61. The number of hydrogen-bond acceptors (Lipinski definition) is 3. The molecule has 1 atom stereocenters. The largest absolute Gasteiger partial charge is 0.492 e. The van der Waals surface area contributed by atoms with E-state index in [1.807, 2.05) is 45.2 Å². The summed E-state index contributed by atoms with van der Waals surface area (Å²) in [4.78, 5) is 14.4. The summed E-state index contributed by atoms with van der Waals surface area (Å²) in [5, 5.41) is 3.20. The standard InChI is InChI=1S/C19H30N2O2/c1-15-9-7-8-12-18(15)23-14-13-21(3)16(2)19(22)20-17-10-5-4-6-11-17/h7-9,12,16-17H,4-6,10-11,13-14H2,1-3H3,(H,20,22)/t16-/m0/s1. The molecule has 1 aliphatic rings. The number of hydrogen-bond donors (Lipinski definition) is 1. The Morgan fingerprint density at radius 1 is 1.30 bits per heavy atom. The molecule has 1 aromatic rings. The molecule has 1 amide bonds. The van der Waals surface area contributed by atoms with Crippen LogP contribution in [-0.4, -0.2) is 43.1 Å². The zero-order chi connectivity index (χ0) is 16.7. The molecule has 23 heavy (non-hydrogen) atoms. The van der Waals surface area contributed by atoms with Gasteiger partial charge in [-0.1, -0.05) is 37.5 Å². The summed E-state index contributed by atoms with van der Waals surface area (Å²) in [6, 6.07) is 8.25. The molecule has 0 aromatic heterocycles. The molecule has 1 aliphatic carbocycles. The van der Waals surface area contributed by atoms with Crippen LogP contribution in [-0.2, 0) is 4.79 Å². The molecule has 0 heterocycles. The normalized spacial score (nSPS) is 17.0. The van der Waals surface area contributed by atoms with E-state index in [-0.39, 0.29) is 11.9 Å². The van der Waals surface area contributed by atoms with Gasteiger partial charge >= 0.3 is 0 Å². The molecule has 0 aliphatic heterocycles. The van der Waals surface area contributed by atoms with Crippen LogP contribution < -0.4 is 10.1 Å². The van der Waals surface area contributed by atoms with Gasteiger partial charge in [0.05, 0.1) is 6.04 Å². The molecule has 1 aromatic carbocycles. The van der Waals surface area contributed by atoms with Crippen molar-refractivity contribution in [2.24, 2.45) is 0 Å². The Labute approximate surface area is 140 Å². The Morgan fingerprint density at radius 3 is 2.70 bits per heavy atom. The van der Waals surface area contributed by atoms with E-state index in [9.17, 15) is 4.79 Å². The molecule has 0 saturated heterocycles. The van der Waals surface area contributed by atoms with Gasteiger partial charge < -0.3 is 10.1 Å². The van der Waals surface area contributed by atoms with E-state index < -0.39 is 0 Å². The summed E-state index contributed by atoms with van der Waals surface area (Å²) >= 11 is 0. The smallest absolute Gasteiger partial charge is 0.237 e. The second kappa shape index (κ2) is 8.92. The molecule has 2 rings (SSSR count). The quantitative estimate of drug-likeness (QED) is 0.840. The predicted octanol–water partition coefficient (Wildman–Crippen LogP) is 3.14. The number of rotatable bonds is 7. The monoisotopic (exact) mass is 318 g/mol. The number of amides is 1. The Balaban J connectivity index is 1.72. The molecule has 128 valence electrons. The summed E-state index contributed by atoms with van der Waals surface area (Å²) in [6.45, 7) is 5.32. The first kappa shape index (κ1) is 17.8. The van der Waals surface area contributed by atoms with E-state index >= 15 is 0 Å². The lowest BCUT2D eigenvalue weighted by molar-refractivity contribution is -0.126. The van der Waals surface area contributed by atoms with E-state index in [2.05, 4.69) is 10.2 Å². The third-order valence-electron chi connectivity index (χ3n) is 4.79. The third kappa shape index (κ3) is 5.54. The zero-order valence-corrected chi connectivity index (χ0v) is 14.7. The molecule has 4 heteroatoms. The van der Waals surface area contributed by atoms with Crippen LogP contribution in [0.3, 0.4) is 0 Å². The molecule has 0 spiro atoms. The Hall–Kier alpha value is -1.55. The number of benzene rings is 1. The van der Waals surface area contributed by atoms with Crippen LogP contribution in [0.4, 0.5) is 0 Å². The van der Waals surface area contributed by atoms with Crippen molar-refractivity contribution in [3.8, 4) is 5.75 Å². The zero-order valence-electron chi connectivity index (χ0n) is 14.7. The van der Waals surface area contributed by atoms with Crippen molar-refractivity contribution in [1.82, 2.24) is 10.2 Å². The molecular formula is C19H30N2O2. The van der Waals surface area contributed by atoms with Gasteiger partial charge in [-0.25, -0.2) is 0 Å². The lowest BCUT2D eigenvalue weighted by Gasteiger charge is -2.28. The Kier molecular flexibility index (Phi) is 6.90. The van der Waals surface area contributed by atoms with E-state index in [0.29, 0.717) is 12.6 Å². The molecule has 1 saturated carbocycles. The fourth-order valence-electron chi connectivity index (χ4n) is 2.98. The van der Waals surface area contributed by atoms with Crippen molar-refractivity contribution in [3.05, 3.63) is 29.8 Å². The van der Waals surface area contributed by atoms with Gasteiger partial charge in [0.2, 0.25) is 5.91 Å². The van der Waals surface area contributed by atoms with Crippen molar-refractivity contribution in [3.63, 3.8) is 0 Å².